The maximum absolute atomic E-state index is 11.7. The third kappa shape index (κ3) is 4.60. The van der Waals surface area contributed by atoms with E-state index in [1.54, 1.807) is 0 Å². The van der Waals surface area contributed by atoms with Crippen molar-refractivity contribution in [2.24, 2.45) is 0 Å². The van der Waals surface area contributed by atoms with E-state index in [1.165, 1.54) is 37.7 Å². The summed E-state index contributed by atoms with van der Waals surface area (Å²) in [4.78, 5) is 43.0. The zero-order chi connectivity index (χ0) is 21.3. The van der Waals surface area contributed by atoms with Crippen LogP contribution in [0, 0.1) is 0 Å². The van der Waals surface area contributed by atoms with Gasteiger partial charge in [-0.1, -0.05) is 23.2 Å². The van der Waals surface area contributed by atoms with Crippen molar-refractivity contribution in [3.05, 3.63) is 22.6 Å². The van der Waals surface area contributed by atoms with E-state index in [0.717, 1.165) is 0 Å². The third-order valence-electron chi connectivity index (χ3n) is 4.07. The minimum Gasteiger partial charge on any atom is -0.463 e. The number of hydrogen-bond acceptors (Lipinski definition) is 9. The number of ether oxygens (including phenoxy) is 4. The van der Waals surface area contributed by atoms with Crippen molar-refractivity contribution in [2.45, 2.75) is 45.3 Å². The third-order valence-corrected chi connectivity index (χ3v) is 4.55. The van der Waals surface area contributed by atoms with Gasteiger partial charge in [-0.2, -0.15) is 0 Å². The van der Waals surface area contributed by atoms with Crippen LogP contribution in [0.5, 0.6) is 0 Å². The molecule has 2 aromatic heterocycles. The fraction of sp³-hybridized carbons (Fsp3) is 0.471. The van der Waals surface area contributed by atoms with Crippen LogP contribution >= 0.6 is 23.2 Å². The Balaban J connectivity index is 2.04. The molecule has 29 heavy (non-hydrogen) atoms. The van der Waals surface area contributed by atoms with Crippen LogP contribution in [-0.2, 0) is 33.3 Å². The first-order valence-electron chi connectivity index (χ1n) is 8.49. The first kappa shape index (κ1) is 21.3. The van der Waals surface area contributed by atoms with E-state index in [-0.39, 0.29) is 22.4 Å². The first-order chi connectivity index (χ1) is 13.7. The molecule has 1 saturated heterocycles. The molecule has 0 aliphatic carbocycles. The molecule has 1 aliphatic rings. The fourth-order valence-electron chi connectivity index (χ4n) is 3.04. The molecule has 10 nitrogen and oxygen atoms in total. The van der Waals surface area contributed by atoms with Crippen molar-refractivity contribution in [3.8, 4) is 0 Å². The maximum atomic E-state index is 11.7. The van der Waals surface area contributed by atoms with E-state index < -0.39 is 42.4 Å². The van der Waals surface area contributed by atoms with Gasteiger partial charge in [0.15, 0.2) is 24.1 Å². The van der Waals surface area contributed by atoms with Crippen LogP contribution in [0.3, 0.4) is 0 Å². The van der Waals surface area contributed by atoms with Crippen LogP contribution in [0.25, 0.3) is 11.2 Å². The smallest absolute Gasteiger partial charge is 0.303 e. The normalized spacial score (nSPS) is 23.8. The summed E-state index contributed by atoms with van der Waals surface area (Å²) in [6, 6.07) is 1.44. The summed E-state index contributed by atoms with van der Waals surface area (Å²) in [6.07, 6.45) is -2.60. The molecule has 2 aromatic rings. The van der Waals surface area contributed by atoms with E-state index in [0.29, 0.717) is 5.52 Å². The monoisotopic (exact) mass is 445 g/mol. The van der Waals surface area contributed by atoms with E-state index >= 15 is 0 Å². The minimum atomic E-state index is -1.06. The fourth-order valence-corrected chi connectivity index (χ4v) is 3.52. The molecule has 0 radical (unpaired) electrons. The van der Waals surface area contributed by atoms with Gasteiger partial charge in [-0.05, 0) is 6.07 Å². The van der Waals surface area contributed by atoms with Crippen molar-refractivity contribution in [1.29, 1.82) is 0 Å². The number of pyridine rings is 1. The van der Waals surface area contributed by atoms with Gasteiger partial charge < -0.3 is 18.9 Å². The predicted octanol–water partition coefficient (Wildman–Crippen LogP) is 2.06. The van der Waals surface area contributed by atoms with Crippen molar-refractivity contribution < 1.29 is 33.3 Å². The molecule has 3 heterocycles. The number of fused-ring (bicyclic) bond motifs is 1. The number of hydrogen-bond donors (Lipinski definition) is 0. The summed E-state index contributed by atoms with van der Waals surface area (Å²) in [5.74, 6) is -1.79. The van der Waals surface area contributed by atoms with Crippen molar-refractivity contribution in [1.82, 2.24) is 14.5 Å². The van der Waals surface area contributed by atoms with Gasteiger partial charge in [-0.25, -0.2) is 9.97 Å². The van der Waals surface area contributed by atoms with Crippen molar-refractivity contribution in [3.63, 3.8) is 0 Å². The second-order valence-electron chi connectivity index (χ2n) is 6.27. The van der Waals surface area contributed by atoms with Crippen LogP contribution in [0.4, 0.5) is 0 Å². The van der Waals surface area contributed by atoms with Crippen LogP contribution < -0.4 is 0 Å². The number of carbonyl (C=O) groups excluding carboxylic acids is 3. The summed E-state index contributed by atoms with van der Waals surface area (Å²) in [6.45, 7) is 3.42. The Kier molecular flexibility index (Phi) is 6.25. The SMILES string of the molecule is CC(=O)OC[C@H]1O[C@@H](n2cnc3c(Cl)cc(Cl)nc32)C(OC(C)=O)C1OC(C)=O. The standard InChI is InChI=1S/C17H17Cl2N3O7/c1-7(23)26-5-11-14(27-8(2)24)15(28-9(3)25)17(29-11)22-6-20-13-10(18)4-12(19)21-16(13)22/h4,6,11,14-15,17H,5H2,1-3H3/t11-,14?,15?,17-/m1/s1. The molecule has 0 N–H and O–H groups in total. The Bertz CT molecular complexity index is 964. The predicted molar refractivity (Wildman–Crippen MR) is 99.2 cm³/mol. The molecule has 0 bridgehead atoms. The Labute approximate surface area is 175 Å². The summed E-state index contributed by atoms with van der Waals surface area (Å²) in [5.41, 5.74) is 0.632. The van der Waals surface area contributed by atoms with Gasteiger partial charge in [0, 0.05) is 20.8 Å². The number of esters is 3. The van der Waals surface area contributed by atoms with E-state index in [2.05, 4.69) is 9.97 Å². The number of carbonyl (C=O) groups is 3. The van der Waals surface area contributed by atoms with Gasteiger partial charge in [-0.15, -0.1) is 0 Å². The second kappa shape index (κ2) is 8.52. The zero-order valence-electron chi connectivity index (χ0n) is 15.6. The summed E-state index contributed by atoms with van der Waals surface area (Å²) in [5, 5.41) is 0.396. The Morgan fingerprint density at radius 2 is 1.76 bits per heavy atom. The topological polar surface area (TPSA) is 119 Å². The molecular formula is C17H17Cl2N3O7. The van der Waals surface area contributed by atoms with Gasteiger partial charge in [0.25, 0.3) is 0 Å². The molecule has 12 heteroatoms. The second-order valence-corrected chi connectivity index (χ2v) is 7.06. The average Bonchev–Trinajstić information content (AvgIpc) is 3.15. The Hall–Kier alpha value is -2.43. The molecule has 0 saturated carbocycles. The molecular weight excluding hydrogens is 429 g/mol. The largest absolute Gasteiger partial charge is 0.463 e. The highest BCUT2D eigenvalue weighted by Gasteiger charge is 2.51. The molecule has 0 amide bonds. The minimum absolute atomic E-state index is 0.124. The molecule has 3 rings (SSSR count). The molecule has 156 valence electrons. The lowest BCUT2D eigenvalue weighted by Gasteiger charge is -2.23. The molecule has 0 aromatic carbocycles. The summed E-state index contributed by atoms with van der Waals surface area (Å²) < 4.78 is 23.1. The maximum Gasteiger partial charge on any atom is 0.303 e. The Morgan fingerprint density at radius 1 is 1.10 bits per heavy atom. The Morgan fingerprint density at radius 3 is 2.38 bits per heavy atom. The number of imidazole rings is 1. The lowest BCUT2D eigenvalue weighted by molar-refractivity contribution is -0.166. The lowest BCUT2D eigenvalue weighted by atomic mass is 10.1. The average molecular weight is 446 g/mol. The number of aromatic nitrogens is 3. The quantitative estimate of drug-likeness (QED) is 0.386. The van der Waals surface area contributed by atoms with Gasteiger partial charge in [0.2, 0.25) is 0 Å². The molecule has 1 fully saturated rings. The molecule has 0 spiro atoms. The van der Waals surface area contributed by atoms with Crippen LogP contribution in [-0.4, -0.2) is 57.4 Å². The van der Waals surface area contributed by atoms with E-state index in [4.69, 9.17) is 42.1 Å². The van der Waals surface area contributed by atoms with Gasteiger partial charge in [0.1, 0.15) is 23.4 Å². The molecule has 4 atom stereocenters. The first-order valence-corrected chi connectivity index (χ1v) is 9.24. The van der Waals surface area contributed by atoms with Gasteiger partial charge in [0.05, 0.1) is 11.3 Å². The van der Waals surface area contributed by atoms with Crippen LogP contribution in [0.1, 0.15) is 27.0 Å². The van der Waals surface area contributed by atoms with Crippen molar-refractivity contribution in [2.75, 3.05) is 6.61 Å². The summed E-state index contributed by atoms with van der Waals surface area (Å²) in [7, 11) is 0. The van der Waals surface area contributed by atoms with E-state index in [1.807, 2.05) is 0 Å². The highest BCUT2D eigenvalue weighted by molar-refractivity contribution is 6.37. The number of rotatable bonds is 5. The molecule has 2 unspecified atom stereocenters. The van der Waals surface area contributed by atoms with Gasteiger partial charge in [-0.3, -0.25) is 19.0 Å². The lowest BCUT2D eigenvalue weighted by Crippen LogP contribution is -2.40. The highest BCUT2D eigenvalue weighted by Crippen LogP contribution is 2.37. The van der Waals surface area contributed by atoms with Crippen molar-refractivity contribution >= 4 is 52.3 Å². The van der Waals surface area contributed by atoms with Gasteiger partial charge >= 0.3 is 17.9 Å². The van der Waals surface area contributed by atoms with Crippen LogP contribution in [0.15, 0.2) is 12.4 Å². The van der Waals surface area contributed by atoms with E-state index in [9.17, 15) is 14.4 Å². The molecule has 1 aliphatic heterocycles. The highest BCUT2D eigenvalue weighted by atomic mass is 35.5. The summed E-state index contributed by atoms with van der Waals surface area (Å²) >= 11 is 12.2. The number of halogens is 2. The van der Waals surface area contributed by atoms with Crippen LogP contribution in [0.2, 0.25) is 10.2 Å². The zero-order valence-corrected chi connectivity index (χ0v) is 17.1. The number of nitrogens with zero attached hydrogens (tertiary/aromatic N) is 3.